The Bertz CT molecular complexity index is 1560. The largest absolute Gasteiger partial charge is 0.326 e. The first kappa shape index (κ1) is 30.8. The number of alkyl halides is 4. The second kappa shape index (κ2) is 12.0. The first-order chi connectivity index (χ1) is 19.2. The summed E-state index contributed by atoms with van der Waals surface area (Å²) < 4.78 is 66.0. The zero-order chi connectivity index (χ0) is 30.2. The van der Waals surface area contributed by atoms with Crippen LogP contribution in [0, 0.1) is 23.4 Å². The molecule has 1 saturated carbocycles. The van der Waals surface area contributed by atoms with Gasteiger partial charge >= 0.3 is 6.43 Å². The second-order valence-corrected chi connectivity index (χ2v) is 11.2. The van der Waals surface area contributed by atoms with E-state index in [0.717, 1.165) is 12.1 Å². The van der Waals surface area contributed by atoms with Gasteiger partial charge < -0.3 is 16.0 Å². The number of anilines is 3. The van der Waals surface area contributed by atoms with Gasteiger partial charge in [0.15, 0.2) is 0 Å². The summed E-state index contributed by atoms with van der Waals surface area (Å²) >= 11 is 24.7. The molecule has 0 aromatic heterocycles. The van der Waals surface area contributed by atoms with Crippen LogP contribution in [0.1, 0.15) is 17.0 Å². The maximum atomic E-state index is 14.5. The van der Waals surface area contributed by atoms with Gasteiger partial charge in [0.05, 0.1) is 33.8 Å². The molecule has 3 aromatic carbocycles. The molecule has 0 aliphatic heterocycles. The smallest absolute Gasteiger partial charge is 0.315 e. The Labute approximate surface area is 249 Å². The highest BCUT2D eigenvalue weighted by Gasteiger charge is 2.67. The number of hydrogen-bond donors (Lipinski definition) is 3. The Morgan fingerprint density at radius 1 is 0.805 bits per heavy atom. The minimum absolute atomic E-state index is 0.0908. The van der Waals surface area contributed by atoms with E-state index >= 15 is 0 Å². The lowest BCUT2D eigenvalue weighted by Gasteiger charge is -2.12. The van der Waals surface area contributed by atoms with E-state index in [1.54, 1.807) is 11.4 Å². The van der Waals surface area contributed by atoms with Crippen LogP contribution in [-0.4, -0.2) is 28.5 Å². The van der Waals surface area contributed by atoms with Crippen LogP contribution in [0.3, 0.4) is 0 Å². The van der Waals surface area contributed by atoms with Crippen LogP contribution < -0.4 is 16.0 Å². The third kappa shape index (κ3) is 6.86. The lowest BCUT2D eigenvalue weighted by Crippen LogP contribution is -2.21. The van der Waals surface area contributed by atoms with Gasteiger partial charge in [0.2, 0.25) is 11.8 Å². The van der Waals surface area contributed by atoms with Gasteiger partial charge in [0.25, 0.3) is 5.91 Å². The van der Waals surface area contributed by atoms with Crippen molar-refractivity contribution in [1.29, 1.82) is 0 Å². The summed E-state index contributed by atoms with van der Waals surface area (Å²) in [6.45, 7) is 0. The average molecular weight is 655 g/mol. The molecule has 1 aliphatic carbocycles. The summed E-state index contributed by atoms with van der Waals surface area (Å²) in [4.78, 5) is 36.6. The quantitative estimate of drug-likeness (QED) is 0.176. The van der Waals surface area contributed by atoms with Gasteiger partial charge in [-0.05, 0) is 47.5 Å². The number of amides is 3. The highest BCUT2D eigenvalue weighted by atomic mass is 35.5. The lowest BCUT2D eigenvalue weighted by atomic mass is 10.1. The molecule has 0 bridgehead atoms. The predicted octanol–water partition coefficient (Wildman–Crippen LogP) is 7.32. The Balaban J connectivity index is 1.45. The summed E-state index contributed by atoms with van der Waals surface area (Å²) in [5, 5.41) is 6.72. The van der Waals surface area contributed by atoms with Gasteiger partial charge in [-0.25, -0.2) is 13.2 Å². The Kier molecular flexibility index (Phi) is 9.03. The van der Waals surface area contributed by atoms with Crippen LogP contribution in [0.25, 0.3) is 0 Å². The molecule has 2 atom stereocenters. The summed E-state index contributed by atoms with van der Waals surface area (Å²) in [5.41, 5.74) is -1.02. The highest BCUT2D eigenvalue weighted by Crippen LogP contribution is 2.65. The average Bonchev–Trinajstić information content (AvgIpc) is 3.47. The molecule has 41 heavy (non-hydrogen) atoms. The van der Waals surface area contributed by atoms with Gasteiger partial charge in [0, 0.05) is 17.7 Å². The normalized spacial score (nSPS) is 17.2. The second-order valence-electron chi connectivity index (χ2n) is 8.93. The third-order valence-corrected chi connectivity index (χ3v) is 7.77. The SMILES string of the molecule is O=C(Cc1cc(NC(=O)[C@H]2[C@H](c3ccc(Cl)c(Cl)c3)C2(Cl)Cl)ccc1F)Nc1cc(NC(=O)C(F)F)c(F)cc1F. The number of rotatable bonds is 8. The van der Waals surface area contributed by atoms with Crippen molar-refractivity contribution < 1.29 is 36.3 Å². The molecule has 0 heterocycles. The van der Waals surface area contributed by atoms with E-state index in [2.05, 4.69) is 10.6 Å². The molecule has 3 aromatic rings. The molecule has 0 saturated heterocycles. The van der Waals surface area contributed by atoms with Crippen LogP contribution in [0.15, 0.2) is 48.5 Å². The van der Waals surface area contributed by atoms with Gasteiger partial charge in [-0.3, -0.25) is 14.4 Å². The lowest BCUT2D eigenvalue weighted by molar-refractivity contribution is -0.126. The van der Waals surface area contributed by atoms with Crippen LogP contribution in [-0.2, 0) is 20.8 Å². The van der Waals surface area contributed by atoms with Crippen molar-refractivity contribution >= 4 is 81.2 Å². The molecule has 3 N–H and O–H groups in total. The van der Waals surface area contributed by atoms with E-state index in [-0.39, 0.29) is 22.3 Å². The van der Waals surface area contributed by atoms with Gasteiger partial charge in [-0.1, -0.05) is 29.3 Å². The summed E-state index contributed by atoms with van der Waals surface area (Å²) in [5.74, 6) is -8.42. The first-order valence-electron chi connectivity index (χ1n) is 11.5. The van der Waals surface area contributed by atoms with E-state index < -0.39 is 75.6 Å². The van der Waals surface area contributed by atoms with Crippen LogP contribution in [0.4, 0.5) is 39.0 Å². The topological polar surface area (TPSA) is 87.3 Å². The molecular weight excluding hydrogens is 639 g/mol. The maximum Gasteiger partial charge on any atom is 0.315 e. The van der Waals surface area contributed by atoms with Crippen LogP contribution in [0.5, 0.6) is 0 Å². The predicted molar refractivity (Wildman–Crippen MR) is 145 cm³/mol. The maximum absolute atomic E-state index is 14.5. The van der Waals surface area contributed by atoms with Gasteiger partial charge in [-0.2, -0.15) is 8.78 Å². The molecule has 216 valence electrons. The molecule has 15 heteroatoms. The van der Waals surface area contributed by atoms with Crippen molar-refractivity contribution in [1.82, 2.24) is 0 Å². The number of halogens is 9. The Morgan fingerprint density at radius 3 is 2.10 bits per heavy atom. The van der Waals surface area contributed by atoms with Crippen molar-refractivity contribution in [3.63, 3.8) is 0 Å². The van der Waals surface area contributed by atoms with Crippen LogP contribution in [0.2, 0.25) is 10.0 Å². The van der Waals surface area contributed by atoms with Gasteiger partial charge in [0.1, 0.15) is 21.8 Å². The molecule has 1 aliphatic rings. The standard InChI is InChI=1S/C26H16Cl4F5N3O3/c27-13-3-1-10(6-14(13)28)21-22(26(21,29)30)24(40)36-12-2-4-15(31)11(5-12)7-20(39)37-18-9-19(17(33)8-16(18)32)38-25(41)23(34)35/h1-6,8-9,21-23H,7H2,(H,36,40)(H,37,39)(H,38,41)/t21-,22+/m0/s1. The first-order valence-corrected chi connectivity index (χ1v) is 13.0. The Morgan fingerprint density at radius 2 is 1.46 bits per heavy atom. The number of carbonyl (C=O) groups is 3. The minimum Gasteiger partial charge on any atom is -0.326 e. The molecular formula is C26H16Cl4F5N3O3. The Hall–Kier alpha value is -3.12. The van der Waals surface area contributed by atoms with Crippen molar-refractivity contribution in [2.75, 3.05) is 16.0 Å². The molecule has 0 unspecified atom stereocenters. The fourth-order valence-corrected chi connectivity index (χ4v) is 5.21. The van der Waals surface area contributed by atoms with Crippen molar-refractivity contribution in [2.24, 2.45) is 5.92 Å². The molecule has 3 amide bonds. The number of hydrogen-bond acceptors (Lipinski definition) is 3. The number of carbonyl (C=O) groups excluding carboxylic acids is 3. The molecule has 0 spiro atoms. The highest BCUT2D eigenvalue weighted by molar-refractivity contribution is 6.53. The van der Waals surface area contributed by atoms with E-state index in [0.29, 0.717) is 16.7 Å². The monoisotopic (exact) mass is 653 g/mol. The van der Waals surface area contributed by atoms with E-state index in [4.69, 9.17) is 46.4 Å². The fourth-order valence-electron chi connectivity index (χ4n) is 4.08. The van der Waals surface area contributed by atoms with Crippen molar-refractivity contribution in [2.45, 2.75) is 23.1 Å². The molecule has 6 nitrogen and oxygen atoms in total. The van der Waals surface area contributed by atoms with Crippen LogP contribution >= 0.6 is 46.4 Å². The van der Waals surface area contributed by atoms with Crippen molar-refractivity contribution in [3.05, 3.63) is 87.2 Å². The molecule has 4 rings (SSSR count). The van der Waals surface area contributed by atoms with E-state index in [9.17, 15) is 36.3 Å². The number of nitrogens with one attached hydrogen (secondary N) is 3. The third-order valence-electron chi connectivity index (χ3n) is 6.09. The zero-order valence-corrected chi connectivity index (χ0v) is 23.2. The van der Waals surface area contributed by atoms with E-state index in [1.807, 2.05) is 0 Å². The zero-order valence-electron chi connectivity index (χ0n) is 20.2. The van der Waals surface area contributed by atoms with Crippen molar-refractivity contribution in [3.8, 4) is 0 Å². The summed E-state index contributed by atoms with van der Waals surface area (Å²) in [7, 11) is 0. The fraction of sp³-hybridized carbons (Fsp3) is 0.192. The van der Waals surface area contributed by atoms with Gasteiger partial charge in [-0.15, -0.1) is 23.2 Å². The molecule has 0 radical (unpaired) electrons. The number of benzene rings is 3. The molecule has 1 fully saturated rings. The summed E-state index contributed by atoms with van der Waals surface area (Å²) in [6.07, 6.45) is -4.14. The minimum atomic E-state index is -3.47. The summed E-state index contributed by atoms with van der Waals surface area (Å²) in [6, 6.07) is 8.92. The van der Waals surface area contributed by atoms with E-state index in [1.165, 1.54) is 18.2 Å².